The maximum atomic E-state index is 13.6. The molecule has 0 bridgehead atoms. The van der Waals surface area contributed by atoms with E-state index in [9.17, 15) is 8.42 Å². The standard InChI is InChI=1S/C44H30O3S/c45-48(46)27-33-19-18-32(39-15-9-17-43-44(39)40-14-7-8-16-42(40)47-43)26-41(33)38-21-20-31(22-37(38)28-48)36-24-34(29-10-3-1-4-11-29)23-35(25-36)30-12-5-2-6-13-30/h1-26H,27-28H2. The van der Waals surface area contributed by atoms with Crippen LogP contribution in [-0.4, -0.2) is 8.42 Å². The van der Waals surface area contributed by atoms with Gasteiger partial charge >= 0.3 is 0 Å². The highest BCUT2D eigenvalue weighted by Crippen LogP contribution is 2.42. The van der Waals surface area contributed by atoms with Crippen LogP contribution in [0, 0.1) is 0 Å². The summed E-state index contributed by atoms with van der Waals surface area (Å²) in [6.45, 7) is 0. The number of hydrogen-bond acceptors (Lipinski definition) is 3. The summed E-state index contributed by atoms with van der Waals surface area (Å²) in [4.78, 5) is 0. The van der Waals surface area contributed by atoms with E-state index in [1.165, 1.54) is 0 Å². The van der Waals surface area contributed by atoms with Crippen LogP contribution in [0.4, 0.5) is 0 Å². The van der Waals surface area contributed by atoms with Gasteiger partial charge in [-0.15, -0.1) is 0 Å². The highest BCUT2D eigenvalue weighted by molar-refractivity contribution is 7.89. The molecule has 9 rings (SSSR count). The predicted octanol–water partition coefficient (Wildman–Crippen LogP) is 11.3. The minimum Gasteiger partial charge on any atom is -0.456 e. The molecule has 230 valence electrons. The van der Waals surface area contributed by atoms with Gasteiger partial charge in [-0.3, -0.25) is 0 Å². The van der Waals surface area contributed by atoms with Gasteiger partial charge in [0.1, 0.15) is 11.2 Å². The molecule has 0 radical (unpaired) electrons. The molecule has 0 N–H and O–H groups in total. The van der Waals surface area contributed by atoms with Gasteiger partial charge in [-0.25, -0.2) is 8.42 Å². The maximum Gasteiger partial charge on any atom is 0.158 e. The molecule has 0 amide bonds. The molecule has 0 spiro atoms. The molecule has 2 heterocycles. The van der Waals surface area contributed by atoms with Crippen LogP contribution in [0.1, 0.15) is 11.1 Å². The summed E-state index contributed by atoms with van der Waals surface area (Å²) >= 11 is 0. The Morgan fingerprint density at radius 2 is 1.00 bits per heavy atom. The fraction of sp³-hybridized carbons (Fsp3) is 0.0455. The maximum absolute atomic E-state index is 13.6. The van der Waals surface area contributed by atoms with Gasteiger partial charge in [0.05, 0.1) is 11.5 Å². The summed E-state index contributed by atoms with van der Waals surface area (Å²) in [5, 5.41) is 2.13. The number of hydrogen-bond donors (Lipinski definition) is 0. The Bertz CT molecular complexity index is 2560. The second-order valence-electron chi connectivity index (χ2n) is 12.6. The molecule has 4 heteroatoms. The highest BCUT2D eigenvalue weighted by Gasteiger charge is 2.25. The molecular formula is C44H30O3S. The van der Waals surface area contributed by atoms with Crippen LogP contribution in [0.15, 0.2) is 162 Å². The van der Waals surface area contributed by atoms with Crippen molar-refractivity contribution in [1.82, 2.24) is 0 Å². The van der Waals surface area contributed by atoms with Crippen molar-refractivity contribution in [3.05, 3.63) is 169 Å². The normalized spacial score (nSPS) is 13.6. The van der Waals surface area contributed by atoms with E-state index >= 15 is 0 Å². The van der Waals surface area contributed by atoms with E-state index in [0.29, 0.717) is 0 Å². The molecule has 0 saturated carbocycles. The topological polar surface area (TPSA) is 47.3 Å². The zero-order valence-electron chi connectivity index (χ0n) is 26.1. The molecule has 1 aromatic heterocycles. The fourth-order valence-electron chi connectivity index (χ4n) is 7.20. The first-order valence-electron chi connectivity index (χ1n) is 16.1. The minimum atomic E-state index is -3.39. The van der Waals surface area contributed by atoms with Gasteiger partial charge in [-0.05, 0) is 109 Å². The largest absolute Gasteiger partial charge is 0.456 e. The summed E-state index contributed by atoms with van der Waals surface area (Å²) in [7, 11) is -3.39. The summed E-state index contributed by atoms with van der Waals surface area (Å²) in [5.74, 6) is -0.000822. The van der Waals surface area contributed by atoms with E-state index < -0.39 is 9.84 Å². The van der Waals surface area contributed by atoms with Crippen molar-refractivity contribution in [3.8, 4) is 55.6 Å². The lowest BCUT2D eigenvalue weighted by molar-refractivity contribution is 0.595. The van der Waals surface area contributed by atoms with Gasteiger partial charge < -0.3 is 4.42 Å². The van der Waals surface area contributed by atoms with Gasteiger partial charge in [-0.1, -0.05) is 115 Å². The molecule has 0 unspecified atom stereocenters. The predicted molar refractivity (Wildman–Crippen MR) is 197 cm³/mol. The Kier molecular flexibility index (Phi) is 6.66. The van der Waals surface area contributed by atoms with Crippen molar-refractivity contribution < 1.29 is 12.8 Å². The Morgan fingerprint density at radius 1 is 0.396 bits per heavy atom. The quantitative estimate of drug-likeness (QED) is 0.193. The van der Waals surface area contributed by atoms with Gasteiger partial charge in [0.15, 0.2) is 9.84 Å². The van der Waals surface area contributed by atoms with E-state index in [1.807, 2.05) is 54.6 Å². The number of benzene rings is 7. The van der Waals surface area contributed by atoms with E-state index in [0.717, 1.165) is 88.7 Å². The van der Waals surface area contributed by atoms with E-state index in [2.05, 4.69) is 103 Å². The molecule has 0 saturated heterocycles. The van der Waals surface area contributed by atoms with Crippen LogP contribution in [0.5, 0.6) is 0 Å². The Balaban J connectivity index is 1.21. The number of fused-ring (bicyclic) bond motifs is 6. The van der Waals surface area contributed by atoms with E-state index in [-0.39, 0.29) is 11.5 Å². The van der Waals surface area contributed by atoms with E-state index in [4.69, 9.17) is 4.42 Å². The Hall–Kier alpha value is -5.71. The first kappa shape index (κ1) is 28.5. The third kappa shape index (κ3) is 5.02. The first-order chi connectivity index (χ1) is 23.5. The second kappa shape index (κ2) is 11.2. The Morgan fingerprint density at radius 3 is 1.73 bits per heavy atom. The SMILES string of the molecule is O=S1(=O)Cc2cc(-c3cc(-c4ccccc4)cc(-c4ccccc4)c3)ccc2-c2cc(-c3cccc4oc5ccccc5c34)ccc2C1. The monoisotopic (exact) mass is 638 g/mol. The minimum absolute atomic E-state index is 0.00706. The number of furan rings is 1. The number of sulfone groups is 1. The summed E-state index contributed by atoms with van der Waals surface area (Å²) in [5.41, 5.74) is 13.9. The van der Waals surface area contributed by atoms with Crippen molar-refractivity contribution in [1.29, 1.82) is 0 Å². The molecule has 0 fully saturated rings. The third-order valence-electron chi connectivity index (χ3n) is 9.45. The molecule has 48 heavy (non-hydrogen) atoms. The second-order valence-corrected chi connectivity index (χ2v) is 14.6. The molecule has 8 aromatic rings. The lowest BCUT2D eigenvalue weighted by Crippen LogP contribution is -2.05. The van der Waals surface area contributed by atoms with Crippen molar-refractivity contribution in [3.63, 3.8) is 0 Å². The molecule has 0 atom stereocenters. The van der Waals surface area contributed by atoms with Crippen molar-refractivity contribution in [2.75, 3.05) is 0 Å². The van der Waals surface area contributed by atoms with E-state index in [1.54, 1.807) is 0 Å². The van der Waals surface area contributed by atoms with Crippen LogP contribution in [0.3, 0.4) is 0 Å². The highest BCUT2D eigenvalue weighted by atomic mass is 32.2. The zero-order valence-corrected chi connectivity index (χ0v) is 26.9. The zero-order chi connectivity index (χ0) is 32.2. The molecule has 1 aliphatic heterocycles. The molecular weight excluding hydrogens is 609 g/mol. The van der Waals surface area contributed by atoms with Gasteiger partial charge in [0.25, 0.3) is 0 Å². The lowest BCUT2D eigenvalue weighted by Gasteiger charge is -2.15. The van der Waals surface area contributed by atoms with Gasteiger partial charge in [0, 0.05) is 10.8 Å². The smallest absolute Gasteiger partial charge is 0.158 e. The first-order valence-corrected chi connectivity index (χ1v) is 17.9. The molecule has 0 aliphatic carbocycles. The number of rotatable bonds is 4. The van der Waals surface area contributed by atoms with Crippen LogP contribution in [0.25, 0.3) is 77.6 Å². The number of para-hydroxylation sites is 1. The van der Waals surface area contributed by atoms with Crippen LogP contribution in [-0.2, 0) is 21.3 Å². The summed E-state index contributed by atoms with van der Waals surface area (Å²) < 4.78 is 33.3. The molecule has 3 nitrogen and oxygen atoms in total. The van der Waals surface area contributed by atoms with Crippen molar-refractivity contribution in [2.45, 2.75) is 11.5 Å². The summed E-state index contributed by atoms with van der Waals surface area (Å²) in [6, 6.07) is 54.2. The lowest BCUT2D eigenvalue weighted by atomic mass is 9.89. The molecule has 1 aliphatic rings. The van der Waals surface area contributed by atoms with Gasteiger partial charge in [-0.2, -0.15) is 0 Å². The summed E-state index contributed by atoms with van der Waals surface area (Å²) in [6.07, 6.45) is 0. The van der Waals surface area contributed by atoms with Gasteiger partial charge in [0.2, 0.25) is 0 Å². The average molecular weight is 639 g/mol. The van der Waals surface area contributed by atoms with Crippen LogP contribution >= 0.6 is 0 Å². The van der Waals surface area contributed by atoms with Crippen LogP contribution < -0.4 is 0 Å². The average Bonchev–Trinajstić information content (AvgIpc) is 3.46. The van der Waals surface area contributed by atoms with Crippen molar-refractivity contribution in [2.24, 2.45) is 0 Å². The Labute approximate surface area is 279 Å². The fourth-order valence-corrected chi connectivity index (χ4v) is 8.75. The van der Waals surface area contributed by atoms with Crippen molar-refractivity contribution >= 4 is 31.8 Å². The molecule has 7 aromatic carbocycles. The third-order valence-corrected chi connectivity index (χ3v) is 11.0. The van der Waals surface area contributed by atoms with Crippen LogP contribution in [0.2, 0.25) is 0 Å².